The molecule has 0 unspecified atom stereocenters. The molecule has 0 aliphatic heterocycles. The molecule has 218 valence electrons. The van der Waals surface area contributed by atoms with Gasteiger partial charge in [0.25, 0.3) is 5.92 Å². The number of allylic oxidation sites excluding steroid dienone is 1. The maximum Gasteiger partial charge on any atom is 0.274 e. The van der Waals surface area contributed by atoms with Gasteiger partial charge in [0.2, 0.25) is 0 Å². The number of halogens is 2. The van der Waals surface area contributed by atoms with Crippen LogP contribution in [0.2, 0.25) is 0 Å². The highest BCUT2D eigenvalue weighted by molar-refractivity contribution is 5.64. The van der Waals surface area contributed by atoms with Crippen molar-refractivity contribution in [2.24, 2.45) is 5.92 Å². The van der Waals surface area contributed by atoms with Gasteiger partial charge in [-0.15, -0.1) is 0 Å². The van der Waals surface area contributed by atoms with Gasteiger partial charge in [-0.1, -0.05) is 84.7 Å². The molecule has 3 nitrogen and oxygen atoms in total. The quantitative estimate of drug-likeness (QED) is 0.283. The summed E-state index contributed by atoms with van der Waals surface area (Å²) in [6.45, 7) is 24.0. The Hall–Kier alpha value is -2.56. The molecule has 3 rings (SSSR count). The van der Waals surface area contributed by atoms with Gasteiger partial charge in [-0.3, -0.25) is 0 Å². The third-order valence-corrected chi connectivity index (χ3v) is 7.29. The first-order valence-corrected chi connectivity index (χ1v) is 14.7. The Labute approximate surface area is 237 Å². The van der Waals surface area contributed by atoms with Crippen LogP contribution in [0, 0.1) is 12.8 Å². The van der Waals surface area contributed by atoms with Crippen molar-refractivity contribution < 1.29 is 13.5 Å². The normalized spacial score (nSPS) is 13.5. The summed E-state index contributed by atoms with van der Waals surface area (Å²) < 4.78 is 34.2. The van der Waals surface area contributed by atoms with Crippen LogP contribution in [0.15, 0.2) is 30.4 Å². The predicted molar refractivity (Wildman–Crippen MR) is 164 cm³/mol. The lowest BCUT2D eigenvalue weighted by Crippen LogP contribution is -2.19. The zero-order valence-electron chi connectivity index (χ0n) is 26.2. The third-order valence-electron chi connectivity index (χ3n) is 7.29. The molecule has 0 spiro atoms. The second kappa shape index (κ2) is 15.9. The van der Waals surface area contributed by atoms with Crippen LogP contribution in [0.5, 0.6) is 5.75 Å². The number of aryl methyl sites for hydroxylation is 2. The Bertz CT molecular complexity index is 1070. The Kier molecular flexibility index (Phi) is 14.0. The van der Waals surface area contributed by atoms with Gasteiger partial charge >= 0.3 is 0 Å². The molecule has 0 N–H and O–H groups in total. The van der Waals surface area contributed by atoms with Crippen molar-refractivity contribution in [3.63, 3.8) is 0 Å². The van der Waals surface area contributed by atoms with Gasteiger partial charge in [-0.05, 0) is 70.1 Å². The molecule has 5 heteroatoms. The van der Waals surface area contributed by atoms with E-state index in [2.05, 4.69) is 33.4 Å². The lowest BCUT2D eigenvalue weighted by molar-refractivity contribution is 0.0142. The largest absolute Gasteiger partial charge is 0.493 e. The van der Waals surface area contributed by atoms with E-state index in [0.29, 0.717) is 25.2 Å². The first-order valence-electron chi connectivity index (χ1n) is 14.7. The minimum Gasteiger partial charge on any atom is -0.493 e. The van der Waals surface area contributed by atoms with Crippen LogP contribution in [-0.2, 0) is 17.8 Å². The second-order valence-corrected chi connectivity index (χ2v) is 10.7. The van der Waals surface area contributed by atoms with Gasteiger partial charge in [-0.2, -0.15) is 0 Å². The van der Waals surface area contributed by atoms with E-state index < -0.39 is 5.92 Å². The number of hydrogen-bond donors (Lipinski definition) is 0. The molecule has 39 heavy (non-hydrogen) atoms. The molecule has 0 atom stereocenters. The van der Waals surface area contributed by atoms with Crippen LogP contribution in [0.3, 0.4) is 0 Å². The van der Waals surface area contributed by atoms with Crippen LogP contribution >= 0.6 is 0 Å². The minimum atomic E-state index is -2.95. The van der Waals surface area contributed by atoms with Crippen molar-refractivity contribution in [3.8, 4) is 5.75 Å². The zero-order chi connectivity index (χ0) is 29.8. The Morgan fingerprint density at radius 3 is 2.18 bits per heavy atom. The monoisotopic (exact) mass is 542 g/mol. The van der Waals surface area contributed by atoms with Gasteiger partial charge in [0.1, 0.15) is 11.6 Å². The SMILES string of the molecule is C=Cc1nc(C2(CCOc3c(CC)cccc3C(C)(F)F)CC2)nc(C)c1C=C(C)C.CC.CCC(C)CC. The van der Waals surface area contributed by atoms with Crippen molar-refractivity contribution in [1.29, 1.82) is 0 Å². The van der Waals surface area contributed by atoms with Crippen molar-refractivity contribution in [2.45, 2.75) is 119 Å². The standard InChI is InChI=1S/C26H32F2N2O.C6H14.C2H6/c1-7-19-10-9-11-21(25(6,27)28)23(19)31-15-14-26(12-13-26)24-29-18(5)20(16-17(3)4)22(8-2)30-24;1-4-6(3)5-2;1-2/h8-11,16H,2,7,12-15H2,1,3-6H3;6H,4-5H2,1-3H3;1-2H3. The summed E-state index contributed by atoms with van der Waals surface area (Å²) in [5, 5.41) is 0. The molecule has 1 saturated carbocycles. The van der Waals surface area contributed by atoms with E-state index in [4.69, 9.17) is 14.7 Å². The van der Waals surface area contributed by atoms with Gasteiger partial charge in [0, 0.05) is 23.6 Å². The smallest absolute Gasteiger partial charge is 0.274 e. The van der Waals surface area contributed by atoms with Crippen LogP contribution in [0.1, 0.15) is 128 Å². The molecule has 1 fully saturated rings. The molecular weight excluding hydrogens is 490 g/mol. The molecule has 1 aliphatic rings. The lowest BCUT2D eigenvalue weighted by atomic mass is 10.00. The number of para-hydroxylation sites is 1. The molecule has 0 amide bonds. The van der Waals surface area contributed by atoms with Crippen molar-refractivity contribution in [1.82, 2.24) is 9.97 Å². The molecule has 1 aromatic heterocycles. The van der Waals surface area contributed by atoms with Crippen molar-refractivity contribution in [2.75, 3.05) is 6.61 Å². The Morgan fingerprint density at radius 1 is 1.13 bits per heavy atom. The average Bonchev–Trinajstić information content (AvgIpc) is 3.70. The van der Waals surface area contributed by atoms with Crippen LogP contribution in [-0.4, -0.2) is 16.6 Å². The van der Waals surface area contributed by atoms with Gasteiger partial charge < -0.3 is 4.74 Å². The number of nitrogens with zero attached hydrogens (tertiary/aromatic N) is 2. The topological polar surface area (TPSA) is 35.0 Å². The fourth-order valence-corrected chi connectivity index (χ4v) is 4.22. The Morgan fingerprint density at radius 2 is 1.74 bits per heavy atom. The summed E-state index contributed by atoms with van der Waals surface area (Å²) in [6.07, 6.45) is 9.78. The molecule has 2 aromatic rings. The number of benzene rings is 1. The van der Waals surface area contributed by atoms with E-state index >= 15 is 0 Å². The maximum atomic E-state index is 14.1. The van der Waals surface area contributed by atoms with Gasteiger partial charge in [0.15, 0.2) is 0 Å². The third kappa shape index (κ3) is 9.85. The van der Waals surface area contributed by atoms with Crippen molar-refractivity contribution in [3.05, 3.63) is 64.3 Å². The zero-order valence-corrected chi connectivity index (χ0v) is 26.2. The molecule has 0 radical (unpaired) electrons. The molecular formula is C34H52F2N2O. The van der Waals surface area contributed by atoms with E-state index in [9.17, 15) is 8.78 Å². The number of hydrogen-bond acceptors (Lipinski definition) is 3. The summed E-state index contributed by atoms with van der Waals surface area (Å²) in [4.78, 5) is 9.61. The van der Waals surface area contributed by atoms with E-state index in [1.165, 1.54) is 24.5 Å². The van der Waals surface area contributed by atoms with Crippen molar-refractivity contribution >= 4 is 12.2 Å². The molecule has 1 heterocycles. The number of aromatic nitrogens is 2. The van der Waals surface area contributed by atoms with E-state index in [1.807, 2.05) is 47.6 Å². The summed E-state index contributed by atoms with van der Waals surface area (Å²) in [6, 6.07) is 4.97. The average molecular weight is 543 g/mol. The van der Waals surface area contributed by atoms with Gasteiger partial charge in [-0.25, -0.2) is 18.7 Å². The summed E-state index contributed by atoms with van der Waals surface area (Å²) in [5.41, 5.74) is 4.53. The Balaban J connectivity index is 0.000000839. The fourth-order valence-electron chi connectivity index (χ4n) is 4.22. The first kappa shape index (κ1) is 34.5. The number of ether oxygens (including phenoxy) is 1. The minimum absolute atomic E-state index is 0.0520. The first-order chi connectivity index (χ1) is 18.4. The van der Waals surface area contributed by atoms with Crippen LogP contribution < -0.4 is 4.74 Å². The molecule has 0 saturated heterocycles. The highest BCUT2D eigenvalue weighted by Crippen LogP contribution is 2.50. The summed E-state index contributed by atoms with van der Waals surface area (Å²) >= 11 is 0. The van der Waals surface area contributed by atoms with E-state index in [0.717, 1.165) is 54.0 Å². The lowest BCUT2D eigenvalue weighted by Gasteiger charge is -2.21. The number of rotatable bonds is 11. The summed E-state index contributed by atoms with van der Waals surface area (Å²) in [7, 11) is 0. The highest BCUT2D eigenvalue weighted by atomic mass is 19.3. The van der Waals surface area contributed by atoms with E-state index in [1.54, 1.807) is 12.1 Å². The van der Waals surface area contributed by atoms with Crippen LogP contribution in [0.4, 0.5) is 8.78 Å². The van der Waals surface area contributed by atoms with E-state index in [-0.39, 0.29) is 11.0 Å². The fraction of sp³-hybridized carbons (Fsp3) is 0.588. The predicted octanol–water partition coefficient (Wildman–Crippen LogP) is 10.5. The maximum absolute atomic E-state index is 14.1. The van der Waals surface area contributed by atoms with Gasteiger partial charge in [0.05, 0.1) is 17.9 Å². The summed E-state index contributed by atoms with van der Waals surface area (Å²) in [5.74, 6) is -0.891. The number of alkyl halides is 2. The highest BCUT2D eigenvalue weighted by Gasteiger charge is 2.47. The second-order valence-electron chi connectivity index (χ2n) is 10.7. The molecule has 1 aromatic carbocycles. The molecule has 1 aliphatic carbocycles. The van der Waals surface area contributed by atoms with Crippen LogP contribution in [0.25, 0.3) is 12.2 Å². The molecule has 0 bridgehead atoms.